The first-order chi connectivity index (χ1) is 31.8. The lowest BCUT2D eigenvalue weighted by atomic mass is 10.1. The number of allylic oxidation sites excluding steroid dienone is 22. The summed E-state index contributed by atoms with van der Waals surface area (Å²) in [4.78, 5) is 34.7. The monoisotopic (exact) mass is 922 g/mol. The van der Waals surface area contributed by atoms with Crippen molar-refractivity contribution in [3.05, 3.63) is 134 Å². The number of unbranched alkanes of at least 4 members (excludes halogenated alkanes) is 9. The summed E-state index contributed by atoms with van der Waals surface area (Å²) in [6.07, 6.45) is 69.6. The number of nitrogens with two attached hydrogens (primary N) is 1. The van der Waals surface area contributed by atoms with E-state index >= 15 is 0 Å². The van der Waals surface area contributed by atoms with Crippen LogP contribution in [0.2, 0.25) is 0 Å². The van der Waals surface area contributed by atoms with E-state index in [9.17, 15) is 19.0 Å². The molecule has 0 aliphatic carbocycles. The number of ether oxygens (including phenoxy) is 2. The highest BCUT2D eigenvalue weighted by atomic mass is 31.2. The molecule has 0 spiro atoms. The van der Waals surface area contributed by atoms with Gasteiger partial charge in [0.15, 0.2) is 6.10 Å². The molecule has 10 heteroatoms. The van der Waals surface area contributed by atoms with Crippen LogP contribution in [-0.4, -0.2) is 49.3 Å². The molecule has 0 aliphatic heterocycles. The molecule has 0 heterocycles. The first-order valence-electron chi connectivity index (χ1n) is 24.7. The molecule has 0 amide bonds. The highest BCUT2D eigenvalue weighted by Crippen LogP contribution is 2.43. The molecule has 366 valence electrons. The van der Waals surface area contributed by atoms with Crippen LogP contribution in [0.15, 0.2) is 134 Å². The lowest BCUT2D eigenvalue weighted by Crippen LogP contribution is -2.29. The van der Waals surface area contributed by atoms with Crippen LogP contribution in [0.1, 0.15) is 168 Å². The second-order valence-electron chi connectivity index (χ2n) is 15.6. The molecule has 0 rings (SSSR count). The normalized spacial score (nSPS) is 14.3. The molecule has 2 atom stereocenters. The SMILES string of the molecule is CC/C=C\C/C=C\C/C=C\C/C=C\C/C=C\C/C=C\C/C=C\C/C=C\C/C=C\C/C=C\C/C=C\CCCCCC(=O)OC(COC(=O)CCCCCCCCC)COP(=O)(O)OCCN. The second kappa shape index (κ2) is 49.6. The van der Waals surface area contributed by atoms with E-state index in [-0.39, 0.29) is 32.6 Å². The summed E-state index contributed by atoms with van der Waals surface area (Å²) in [6, 6.07) is 0. The smallest absolute Gasteiger partial charge is 0.462 e. The van der Waals surface area contributed by atoms with Crippen molar-refractivity contribution in [2.24, 2.45) is 5.73 Å². The fourth-order valence-electron chi connectivity index (χ4n) is 5.93. The Balaban J connectivity index is 4.05. The fraction of sp³-hybridized carbons (Fsp3) is 0.564. The molecular formula is C55H88NO8P. The minimum absolute atomic E-state index is 0.0412. The third-order valence-electron chi connectivity index (χ3n) is 9.55. The van der Waals surface area contributed by atoms with Crippen molar-refractivity contribution in [2.45, 2.75) is 174 Å². The number of rotatable bonds is 44. The Kier molecular flexibility index (Phi) is 46.6. The van der Waals surface area contributed by atoms with Crippen molar-refractivity contribution >= 4 is 19.8 Å². The van der Waals surface area contributed by atoms with Crippen molar-refractivity contribution in [3.8, 4) is 0 Å². The van der Waals surface area contributed by atoms with E-state index in [4.69, 9.17) is 24.3 Å². The number of esters is 2. The third kappa shape index (κ3) is 49.4. The predicted molar refractivity (Wildman–Crippen MR) is 274 cm³/mol. The van der Waals surface area contributed by atoms with Gasteiger partial charge in [-0.3, -0.25) is 18.6 Å². The van der Waals surface area contributed by atoms with Crippen LogP contribution in [0.5, 0.6) is 0 Å². The van der Waals surface area contributed by atoms with Crippen LogP contribution in [0, 0.1) is 0 Å². The van der Waals surface area contributed by atoms with Crippen LogP contribution in [0.4, 0.5) is 0 Å². The summed E-state index contributed by atoms with van der Waals surface area (Å²) in [5.41, 5.74) is 5.33. The average molecular weight is 922 g/mol. The molecule has 2 unspecified atom stereocenters. The van der Waals surface area contributed by atoms with E-state index in [1.807, 2.05) is 0 Å². The molecule has 65 heavy (non-hydrogen) atoms. The van der Waals surface area contributed by atoms with E-state index in [0.29, 0.717) is 6.42 Å². The van der Waals surface area contributed by atoms with Crippen molar-refractivity contribution in [1.82, 2.24) is 0 Å². The second-order valence-corrected chi connectivity index (χ2v) is 17.1. The van der Waals surface area contributed by atoms with Gasteiger partial charge in [-0.05, 0) is 96.3 Å². The highest BCUT2D eigenvalue weighted by Gasteiger charge is 2.26. The zero-order valence-corrected chi connectivity index (χ0v) is 41.3. The molecule has 3 N–H and O–H groups in total. The molecule has 0 bridgehead atoms. The van der Waals surface area contributed by atoms with Gasteiger partial charge in [-0.1, -0.05) is 192 Å². The van der Waals surface area contributed by atoms with Gasteiger partial charge in [-0.15, -0.1) is 0 Å². The summed E-state index contributed by atoms with van der Waals surface area (Å²) in [6.45, 7) is 3.49. The molecule has 0 radical (unpaired) electrons. The molecular weight excluding hydrogens is 834 g/mol. The first kappa shape index (κ1) is 61.1. The lowest BCUT2D eigenvalue weighted by molar-refractivity contribution is -0.161. The van der Waals surface area contributed by atoms with E-state index in [1.165, 1.54) is 19.3 Å². The van der Waals surface area contributed by atoms with Crippen LogP contribution in [0.3, 0.4) is 0 Å². The Labute approximate surface area is 395 Å². The average Bonchev–Trinajstić information content (AvgIpc) is 3.30. The summed E-state index contributed by atoms with van der Waals surface area (Å²) in [5.74, 6) is -0.887. The maximum atomic E-state index is 12.6. The van der Waals surface area contributed by atoms with Crippen molar-refractivity contribution in [3.63, 3.8) is 0 Å². The largest absolute Gasteiger partial charge is 0.472 e. The van der Waals surface area contributed by atoms with Gasteiger partial charge in [-0.25, -0.2) is 4.57 Å². The number of phosphoric ester groups is 1. The third-order valence-corrected chi connectivity index (χ3v) is 10.5. The molecule has 0 fully saturated rings. The topological polar surface area (TPSA) is 134 Å². The maximum Gasteiger partial charge on any atom is 0.472 e. The van der Waals surface area contributed by atoms with Gasteiger partial charge in [0.25, 0.3) is 0 Å². The maximum absolute atomic E-state index is 12.6. The molecule has 0 aromatic carbocycles. The Morgan fingerprint density at radius 3 is 1.26 bits per heavy atom. The summed E-state index contributed by atoms with van der Waals surface area (Å²) >= 11 is 0. The quantitative estimate of drug-likeness (QED) is 0.0265. The van der Waals surface area contributed by atoms with Gasteiger partial charge in [0.05, 0.1) is 13.2 Å². The number of carbonyl (C=O) groups is 2. The predicted octanol–water partition coefficient (Wildman–Crippen LogP) is 15.1. The first-order valence-corrected chi connectivity index (χ1v) is 26.2. The zero-order valence-electron chi connectivity index (χ0n) is 40.4. The van der Waals surface area contributed by atoms with E-state index in [1.54, 1.807) is 0 Å². The Morgan fingerprint density at radius 1 is 0.477 bits per heavy atom. The molecule has 9 nitrogen and oxygen atoms in total. The van der Waals surface area contributed by atoms with Gasteiger partial charge in [0.1, 0.15) is 6.61 Å². The lowest BCUT2D eigenvalue weighted by Gasteiger charge is -2.19. The Morgan fingerprint density at radius 2 is 0.846 bits per heavy atom. The highest BCUT2D eigenvalue weighted by molar-refractivity contribution is 7.47. The van der Waals surface area contributed by atoms with Gasteiger partial charge in [0, 0.05) is 19.4 Å². The Bertz CT molecular complexity index is 1520. The minimum Gasteiger partial charge on any atom is -0.462 e. The molecule has 0 saturated carbocycles. The van der Waals surface area contributed by atoms with Gasteiger partial charge >= 0.3 is 19.8 Å². The number of hydrogen-bond acceptors (Lipinski definition) is 8. The van der Waals surface area contributed by atoms with Crippen molar-refractivity contribution < 1.29 is 37.6 Å². The summed E-state index contributed by atoms with van der Waals surface area (Å²) in [7, 11) is -4.39. The number of carbonyl (C=O) groups excluding carboxylic acids is 2. The van der Waals surface area contributed by atoms with E-state index in [0.717, 1.165) is 116 Å². The molecule has 0 aromatic rings. The van der Waals surface area contributed by atoms with E-state index < -0.39 is 32.5 Å². The minimum atomic E-state index is -4.39. The summed E-state index contributed by atoms with van der Waals surface area (Å²) < 4.78 is 32.6. The number of phosphoric acid groups is 1. The van der Waals surface area contributed by atoms with Crippen LogP contribution >= 0.6 is 7.82 Å². The van der Waals surface area contributed by atoms with Crippen LogP contribution in [0.25, 0.3) is 0 Å². The van der Waals surface area contributed by atoms with Crippen LogP contribution < -0.4 is 5.73 Å². The van der Waals surface area contributed by atoms with E-state index in [2.05, 4.69) is 148 Å². The van der Waals surface area contributed by atoms with Gasteiger partial charge in [-0.2, -0.15) is 0 Å². The van der Waals surface area contributed by atoms with Crippen molar-refractivity contribution in [2.75, 3.05) is 26.4 Å². The molecule has 0 aromatic heterocycles. The van der Waals surface area contributed by atoms with Crippen molar-refractivity contribution in [1.29, 1.82) is 0 Å². The van der Waals surface area contributed by atoms with Gasteiger partial charge < -0.3 is 20.1 Å². The molecule has 0 aliphatic rings. The zero-order chi connectivity index (χ0) is 47.4. The Hall–Kier alpha value is -3.85. The fourth-order valence-corrected chi connectivity index (χ4v) is 6.70. The van der Waals surface area contributed by atoms with Gasteiger partial charge in [0.2, 0.25) is 0 Å². The standard InChI is InChI=1S/C55H88NO8P/c1-3-5-7-9-11-12-13-14-15-16-17-18-19-20-21-22-23-24-25-26-27-28-29-30-31-32-33-34-35-36-37-38-39-40-42-44-46-48-55(58)64-53(52-63-65(59,60)62-50-49-56)51-61-54(57)47-45-43-41-10-8-6-4-2/h5,7,11-12,14-15,17-18,20-21,23-24,26-27,29-30,32-33,35-36,38-39,53H,3-4,6,8-10,13,16,19,22,25,28,31,34,37,40-52,56H2,1-2H3,(H,59,60)/b7-5-,12-11-,15-14-,18-17-,21-20-,24-23-,27-26-,30-29-,33-32-,36-35-,39-38-. The molecule has 0 saturated heterocycles. The van der Waals surface area contributed by atoms with Crippen LogP contribution in [-0.2, 0) is 32.7 Å². The summed E-state index contributed by atoms with van der Waals surface area (Å²) in [5, 5.41) is 0. The number of hydrogen-bond donors (Lipinski definition) is 2.